The Balaban J connectivity index is 2.11. The summed E-state index contributed by atoms with van der Waals surface area (Å²) in [7, 11) is 0. The Labute approximate surface area is 117 Å². The van der Waals surface area contributed by atoms with E-state index in [1.54, 1.807) is 0 Å². The van der Waals surface area contributed by atoms with E-state index in [0.29, 0.717) is 0 Å². The molecule has 0 radical (unpaired) electrons. The van der Waals surface area contributed by atoms with Crippen molar-refractivity contribution in [2.24, 2.45) is 0 Å². The molecule has 0 fully saturated rings. The van der Waals surface area contributed by atoms with Gasteiger partial charge in [-0.2, -0.15) is 11.8 Å². The summed E-state index contributed by atoms with van der Waals surface area (Å²) in [6.07, 6.45) is 7.61. The van der Waals surface area contributed by atoms with Crippen LogP contribution in [0.3, 0.4) is 0 Å². The third-order valence-electron chi connectivity index (χ3n) is 3.40. The molecule has 102 valence electrons. The number of unbranched alkanes of at least 4 members (excludes halogenated alkanes) is 3. The van der Waals surface area contributed by atoms with Crippen LogP contribution < -0.4 is 5.32 Å². The van der Waals surface area contributed by atoms with Crippen LogP contribution in [0, 0.1) is 13.8 Å². The van der Waals surface area contributed by atoms with Gasteiger partial charge in [0.15, 0.2) is 0 Å². The van der Waals surface area contributed by atoms with Crippen LogP contribution in [0.2, 0.25) is 0 Å². The zero-order valence-electron chi connectivity index (χ0n) is 12.1. The van der Waals surface area contributed by atoms with Gasteiger partial charge < -0.3 is 5.32 Å². The number of aryl methyl sites for hydroxylation is 2. The number of hydrogen-bond acceptors (Lipinski definition) is 2. The van der Waals surface area contributed by atoms with E-state index < -0.39 is 0 Å². The molecule has 1 nitrogen and oxygen atoms in total. The number of hydrogen-bond donors (Lipinski definition) is 1. The smallest absolute Gasteiger partial charge is 0.0210 e. The van der Waals surface area contributed by atoms with Crippen LogP contribution in [0.5, 0.6) is 0 Å². The van der Waals surface area contributed by atoms with E-state index in [2.05, 4.69) is 43.6 Å². The Kier molecular flexibility index (Phi) is 8.19. The third-order valence-corrected chi connectivity index (χ3v) is 4.10. The highest BCUT2D eigenvalue weighted by atomic mass is 32.2. The summed E-state index contributed by atoms with van der Waals surface area (Å²) in [5.74, 6) is 1.32. The number of rotatable bonds is 9. The molecule has 0 aliphatic heterocycles. The minimum absolute atomic E-state index is 1.02. The molecule has 0 aliphatic rings. The first-order chi connectivity index (χ1) is 8.75. The molecule has 1 N–H and O–H groups in total. The van der Waals surface area contributed by atoms with Gasteiger partial charge in [-0.1, -0.05) is 31.0 Å². The quantitative estimate of drug-likeness (QED) is 0.668. The normalized spacial score (nSPS) is 10.8. The topological polar surface area (TPSA) is 12.0 Å². The molecule has 0 spiro atoms. The Morgan fingerprint density at radius 1 is 1.00 bits per heavy atom. The van der Waals surface area contributed by atoms with Crippen molar-refractivity contribution in [1.29, 1.82) is 0 Å². The van der Waals surface area contributed by atoms with Crippen LogP contribution in [0.25, 0.3) is 0 Å². The molecule has 0 amide bonds. The zero-order chi connectivity index (χ0) is 13.2. The molecule has 0 bridgehead atoms. The molecular formula is C16H27NS. The van der Waals surface area contributed by atoms with Crippen molar-refractivity contribution >= 4 is 11.8 Å². The number of nitrogens with one attached hydrogen (secondary N) is 1. The lowest BCUT2D eigenvalue weighted by atomic mass is 10.0. The number of thioether (sulfide) groups is 1. The van der Waals surface area contributed by atoms with Gasteiger partial charge in [0, 0.05) is 6.54 Å². The van der Waals surface area contributed by atoms with Gasteiger partial charge in [0.1, 0.15) is 0 Å². The van der Waals surface area contributed by atoms with Crippen LogP contribution in [-0.2, 0) is 6.54 Å². The van der Waals surface area contributed by atoms with E-state index in [1.165, 1.54) is 48.1 Å². The Morgan fingerprint density at radius 2 is 1.67 bits per heavy atom. The molecule has 0 atom stereocenters. The Bertz CT molecular complexity index is 316. The van der Waals surface area contributed by atoms with Gasteiger partial charge in [-0.3, -0.25) is 0 Å². The predicted molar refractivity (Wildman–Crippen MR) is 84.5 cm³/mol. The summed E-state index contributed by atoms with van der Waals surface area (Å²) < 4.78 is 0. The van der Waals surface area contributed by atoms with E-state index in [-0.39, 0.29) is 0 Å². The van der Waals surface area contributed by atoms with Crippen molar-refractivity contribution in [2.45, 2.75) is 46.1 Å². The van der Waals surface area contributed by atoms with Crippen molar-refractivity contribution in [3.8, 4) is 0 Å². The molecule has 0 aromatic heterocycles. The second-order valence-electron chi connectivity index (χ2n) is 4.95. The summed E-state index contributed by atoms with van der Waals surface area (Å²) >= 11 is 1.95. The van der Waals surface area contributed by atoms with Gasteiger partial charge in [-0.25, -0.2) is 0 Å². The molecule has 0 aliphatic carbocycles. The monoisotopic (exact) mass is 265 g/mol. The third kappa shape index (κ3) is 5.92. The Morgan fingerprint density at radius 3 is 2.33 bits per heavy atom. The lowest BCUT2D eigenvalue weighted by Gasteiger charge is -2.10. The van der Waals surface area contributed by atoms with Gasteiger partial charge in [0.25, 0.3) is 0 Å². The standard InChI is InChI=1S/C16H27NS/c1-14-9-8-10-15(2)16(14)13-17-11-6-4-5-7-12-18-3/h8-10,17H,4-7,11-13H2,1-3H3. The van der Waals surface area contributed by atoms with Crippen molar-refractivity contribution in [2.75, 3.05) is 18.6 Å². The van der Waals surface area contributed by atoms with Gasteiger partial charge in [0.05, 0.1) is 0 Å². The van der Waals surface area contributed by atoms with Gasteiger partial charge >= 0.3 is 0 Å². The molecule has 0 unspecified atom stereocenters. The van der Waals surface area contributed by atoms with Crippen molar-refractivity contribution < 1.29 is 0 Å². The highest BCUT2D eigenvalue weighted by Gasteiger charge is 2.00. The van der Waals surface area contributed by atoms with Crippen LogP contribution in [-0.4, -0.2) is 18.6 Å². The van der Waals surface area contributed by atoms with Crippen molar-refractivity contribution in [3.05, 3.63) is 34.9 Å². The SMILES string of the molecule is CSCCCCCCNCc1c(C)cccc1C. The van der Waals surface area contributed by atoms with E-state index >= 15 is 0 Å². The molecule has 0 saturated heterocycles. The fourth-order valence-corrected chi connectivity index (χ4v) is 2.68. The van der Waals surface area contributed by atoms with E-state index in [9.17, 15) is 0 Å². The first-order valence-electron chi connectivity index (χ1n) is 7.00. The predicted octanol–water partition coefficient (Wildman–Crippen LogP) is 4.32. The summed E-state index contributed by atoms with van der Waals surface area (Å²) in [6.45, 7) is 6.56. The summed E-state index contributed by atoms with van der Waals surface area (Å²) in [6, 6.07) is 6.54. The average molecular weight is 265 g/mol. The minimum Gasteiger partial charge on any atom is -0.313 e. The van der Waals surface area contributed by atoms with E-state index in [1.807, 2.05) is 11.8 Å². The summed E-state index contributed by atoms with van der Waals surface area (Å²) in [4.78, 5) is 0. The lowest BCUT2D eigenvalue weighted by Crippen LogP contribution is -2.16. The van der Waals surface area contributed by atoms with Gasteiger partial charge in [0.2, 0.25) is 0 Å². The number of benzene rings is 1. The summed E-state index contributed by atoms with van der Waals surface area (Å²) in [5, 5.41) is 3.57. The van der Waals surface area contributed by atoms with Gasteiger partial charge in [-0.15, -0.1) is 0 Å². The molecule has 0 saturated carbocycles. The maximum Gasteiger partial charge on any atom is 0.0210 e. The average Bonchev–Trinajstić information content (AvgIpc) is 2.35. The largest absolute Gasteiger partial charge is 0.313 e. The molecule has 1 aromatic carbocycles. The second kappa shape index (κ2) is 9.46. The van der Waals surface area contributed by atoms with Crippen molar-refractivity contribution in [3.63, 3.8) is 0 Å². The highest BCUT2D eigenvalue weighted by molar-refractivity contribution is 7.98. The van der Waals surface area contributed by atoms with Crippen LogP contribution in [0.1, 0.15) is 42.4 Å². The zero-order valence-corrected chi connectivity index (χ0v) is 12.9. The molecule has 18 heavy (non-hydrogen) atoms. The van der Waals surface area contributed by atoms with E-state index in [0.717, 1.165) is 13.1 Å². The molecule has 2 heteroatoms. The summed E-state index contributed by atoms with van der Waals surface area (Å²) in [5.41, 5.74) is 4.28. The second-order valence-corrected chi connectivity index (χ2v) is 5.94. The first kappa shape index (κ1) is 15.6. The molecular weight excluding hydrogens is 238 g/mol. The van der Waals surface area contributed by atoms with Crippen LogP contribution in [0.4, 0.5) is 0 Å². The molecule has 0 heterocycles. The highest BCUT2D eigenvalue weighted by Crippen LogP contribution is 2.12. The first-order valence-corrected chi connectivity index (χ1v) is 8.40. The lowest BCUT2D eigenvalue weighted by molar-refractivity contribution is 0.598. The van der Waals surface area contributed by atoms with Crippen molar-refractivity contribution in [1.82, 2.24) is 5.32 Å². The van der Waals surface area contributed by atoms with Crippen LogP contribution in [0.15, 0.2) is 18.2 Å². The fourth-order valence-electron chi connectivity index (χ4n) is 2.19. The van der Waals surface area contributed by atoms with Gasteiger partial charge in [-0.05, 0) is 61.9 Å². The molecule has 1 aromatic rings. The maximum absolute atomic E-state index is 3.57. The van der Waals surface area contributed by atoms with Crippen LogP contribution >= 0.6 is 11.8 Å². The fraction of sp³-hybridized carbons (Fsp3) is 0.625. The van der Waals surface area contributed by atoms with E-state index in [4.69, 9.17) is 0 Å². The Hall–Kier alpha value is -0.470. The minimum atomic E-state index is 1.02. The maximum atomic E-state index is 3.57. The molecule has 1 rings (SSSR count).